The van der Waals surface area contributed by atoms with Crippen LogP contribution in [0.1, 0.15) is 43.4 Å². The topological polar surface area (TPSA) is 69.0 Å². The van der Waals surface area contributed by atoms with E-state index in [0.717, 1.165) is 22.1 Å². The summed E-state index contributed by atoms with van der Waals surface area (Å²) in [6, 6.07) is 14.8. The van der Waals surface area contributed by atoms with Crippen LogP contribution in [0.5, 0.6) is 5.75 Å². The minimum atomic E-state index is -0.423. The highest BCUT2D eigenvalue weighted by Crippen LogP contribution is 2.25. The molecule has 4 rings (SSSR count). The van der Waals surface area contributed by atoms with Crippen LogP contribution in [0.2, 0.25) is 5.02 Å². The molecule has 1 atom stereocenters. The molecular weight excluding hydrogens is 444 g/mol. The fraction of sp³-hybridized carbons (Fsp3) is 0.208. The number of rotatable bonds is 7. The maximum absolute atomic E-state index is 13.2. The Hall–Kier alpha value is -3.16. The number of aromatic nitrogens is 3. The van der Waals surface area contributed by atoms with Crippen molar-refractivity contribution in [3.8, 4) is 5.75 Å². The summed E-state index contributed by atoms with van der Waals surface area (Å²) < 4.78 is 7.71. The van der Waals surface area contributed by atoms with Crippen LogP contribution in [0, 0.1) is 13.8 Å². The van der Waals surface area contributed by atoms with E-state index in [0.29, 0.717) is 22.2 Å². The van der Waals surface area contributed by atoms with Crippen molar-refractivity contribution in [2.75, 3.05) is 0 Å². The largest absolute Gasteiger partial charge is 0.486 e. The van der Waals surface area contributed by atoms with Crippen molar-refractivity contribution in [1.82, 2.24) is 19.9 Å². The van der Waals surface area contributed by atoms with Crippen molar-refractivity contribution in [2.24, 2.45) is 7.05 Å². The molecule has 8 heteroatoms. The van der Waals surface area contributed by atoms with Gasteiger partial charge in [-0.1, -0.05) is 41.4 Å². The van der Waals surface area contributed by atoms with Gasteiger partial charge in [-0.3, -0.25) is 4.79 Å². The first-order valence-electron chi connectivity index (χ1n) is 10.1. The summed E-state index contributed by atoms with van der Waals surface area (Å²) in [5, 5.41) is 4.49. The van der Waals surface area contributed by atoms with E-state index in [1.54, 1.807) is 18.3 Å². The summed E-state index contributed by atoms with van der Waals surface area (Å²) in [4.78, 5) is 22.7. The number of aryl methyl sites for hydroxylation is 3. The van der Waals surface area contributed by atoms with Crippen molar-refractivity contribution in [2.45, 2.75) is 26.5 Å². The number of carbonyl (C=O) groups is 1. The third-order valence-electron chi connectivity index (χ3n) is 5.03. The van der Waals surface area contributed by atoms with Crippen molar-refractivity contribution < 1.29 is 9.53 Å². The number of hydrogen-bond acceptors (Lipinski definition) is 5. The molecule has 0 aliphatic heterocycles. The summed E-state index contributed by atoms with van der Waals surface area (Å²) in [6.07, 6.45) is 3.56. The second-order valence-electron chi connectivity index (χ2n) is 7.48. The number of benzene rings is 2. The zero-order valence-corrected chi connectivity index (χ0v) is 19.6. The fourth-order valence-corrected chi connectivity index (χ4v) is 4.32. The number of imidazole rings is 1. The number of carbonyl (C=O) groups excluding carboxylic acids is 1. The first kappa shape index (κ1) is 22.0. The lowest BCUT2D eigenvalue weighted by Gasteiger charge is -2.19. The highest BCUT2D eigenvalue weighted by Gasteiger charge is 2.24. The molecule has 164 valence electrons. The maximum Gasteiger partial charge on any atom is 0.264 e. The Balaban J connectivity index is 1.52. The first-order valence-corrected chi connectivity index (χ1v) is 11.3. The average molecular weight is 467 g/mol. The molecule has 1 amide bonds. The van der Waals surface area contributed by atoms with Gasteiger partial charge in [-0.25, -0.2) is 9.97 Å². The number of amides is 1. The molecule has 0 aliphatic carbocycles. The van der Waals surface area contributed by atoms with E-state index in [1.807, 2.05) is 68.1 Å². The number of hydrogen-bond donors (Lipinski definition) is 1. The molecule has 0 spiro atoms. The van der Waals surface area contributed by atoms with Gasteiger partial charge in [-0.2, -0.15) is 0 Å². The molecule has 6 nitrogen and oxygen atoms in total. The van der Waals surface area contributed by atoms with Gasteiger partial charge < -0.3 is 14.6 Å². The zero-order chi connectivity index (χ0) is 22.7. The molecule has 4 aromatic rings. The van der Waals surface area contributed by atoms with Gasteiger partial charge in [0, 0.05) is 24.5 Å². The van der Waals surface area contributed by atoms with Crippen molar-refractivity contribution in [1.29, 1.82) is 0 Å². The van der Waals surface area contributed by atoms with Crippen molar-refractivity contribution in [3.63, 3.8) is 0 Å². The number of nitrogens with one attached hydrogen (secondary N) is 1. The molecule has 1 unspecified atom stereocenters. The fourth-order valence-electron chi connectivity index (χ4n) is 3.31. The molecule has 0 bridgehead atoms. The Morgan fingerprint density at radius 3 is 2.53 bits per heavy atom. The lowest BCUT2D eigenvalue weighted by Crippen LogP contribution is -2.31. The number of nitrogens with zero attached hydrogens (tertiary/aromatic N) is 3. The third kappa shape index (κ3) is 5.00. The van der Waals surface area contributed by atoms with Gasteiger partial charge in [0.2, 0.25) is 0 Å². The highest BCUT2D eigenvalue weighted by atomic mass is 35.5. The normalized spacial score (nSPS) is 11.9. The molecule has 2 aromatic carbocycles. The van der Waals surface area contributed by atoms with Crippen LogP contribution in [-0.2, 0) is 13.7 Å². The molecule has 1 N–H and O–H groups in total. The Morgan fingerprint density at radius 1 is 1.16 bits per heavy atom. The monoisotopic (exact) mass is 466 g/mol. The van der Waals surface area contributed by atoms with Gasteiger partial charge in [0.15, 0.2) is 0 Å². The predicted octanol–water partition coefficient (Wildman–Crippen LogP) is 5.25. The number of ether oxygens (including phenoxy) is 1. The molecule has 0 saturated heterocycles. The minimum absolute atomic E-state index is 0.204. The molecule has 0 saturated carbocycles. The van der Waals surface area contributed by atoms with Crippen LogP contribution in [0.3, 0.4) is 0 Å². The summed E-state index contributed by atoms with van der Waals surface area (Å²) in [5.41, 5.74) is 2.73. The van der Waals surface area contributed by atoms with Crippen LogP contribution in [0.4, 0.5) is 0 Å². The standard InChI is InChI=1S/C24H23ClN4O2S/c1-15-4-10-19(11-5-15)31-14-20-27-16(2)22(32-20)24(30)28-21(23-26-12-13-29(23)3)17-6-8-18(25)9-7-17/h4-13,21H,14H2,1-3H3,(H,28,30). The number of halogens is 1. The third-order valence-corrected chi connectivity index (χ3v) is 6.41. The molecule has 0 radical (unpaired) electrons. The van der Waals surface area contributed by atoms with Crippen LogP contribution in [-0.4, -0.2) is 20.4 Å². The van der Waals surface area contributed by atoms with Crippen LogP contribution in [0.15, 0.2) is 60.9 Å². The lowest BCUT2D eigenvalue weighted by atomic mass is 10.1. The molecule has 2 aromatic heterocycles. The van der Waals surface area contributed by atoms with Gasteiger partial charge in [-0.05, 0) is 43.7 Å². The zero-order valence-electron chi connectivity index (χ0n) is 18.0. The Morgan fingerprint density at radius 2 is 1.88 bits per heavy atom. The van der Waals surface area contributed by atoms with E-state index < -0.39 is 6.04 Å². The van der Waals surface area contributed by atoms with Gasteiger partial charge in [0.25, 0.3) is 5.91 Å². The Labute approximate surface area is 195 Å². The lowest BCUT2D eigenvalue weighted by molar-refractivity contribution is 0.0944. The Kier molecular flexibility index (Phi) is 6.58. The van der Waals surface area contributed by atoms with Crippen molar-refractivity contribution >= 4 is 28.8 Å². The maximum atomic E-state index is 13.2. The molecular formula is C24H23ClN4O2S. The minimum Gasteiger partial charge on any atom is -0.486 e. The van der Waals surface area contributed by atoms with Crippen molar-refractivity contribution in [3.05, 3.63) is 98.5 Å². The van der Waals surface area contributed by atoms with Gasteiger partial charge in [0.05, 0.1) is 5.69 Å². The van der Waals surface area contributed by atoms with Crippen LogP contribution < -0.4 is 10.1 Å². The Bertz CT molecular complexity index is 1220. The van der Waals surface area contributed by atoms with Gasteiger partial charge >= 0.3 is 0 Å². The summed E-state index contributed by atoms with van der Waals surface area (Å²) in [6.45, 7) is 4.17. The summed E-state index contributed by atoms with van der Waals surface area (Å²) >= 11 is 7.39. The molecule has 32 heavy (non-hydrogen) atoms. The molecule has 2 heterocycles. The second-order valence-corrected chi connectivity index (χ2v) is 9.00. The van der Waals surface area contributed by atoms with E-state index >= 15 is 0 Å². The molecule has 0 fully saturated rings. The van der Waals surface area contributed by atoms with E-state index in [9.17, 15) is 4.79 Å². The van der Waals surface area contributed by atoms with E-state index in [4.69, 9.17) is 16.3 Å². The average Bonchev–Trinajstić information content (AvgIpc) is 3.37. The SMILES string of the molecule is Cc1ccc(OCc2nc(C)c(C(=O)NC(c3ccc(Cl)cc3)c3nccn3C)s2)cc1. The van der Waals surface area contributed by atoms with Crippen LogP contribution >= 0.6 is 22.9 Å². The van der Waals surface area contributed by atoms with Gasteiger partial charge in [-0.15, -0.1) is 11.3 Å². The van der Waals surface area contributed by atoms with Crippen LogP contribution in [0.25, 0.3) is 0 Å². The number of thiazole rings is 1. The predicted molar refractivity (Wildman–Crippen MR) is 126 cm³/mol. The summed E-state index contributed by atoms with van der Waals surface area (Å²) in [7, 11) is 1.90. The quantitative estimate of drug-likeness (QED) is 0.404. The molecule has 0 aliphatic rings. The second kappa shape index (κ2) is 9.54. The van der Waals surface area contributed by atoms with E-state index in [-0.39, 0.29) is 5.91 Å². The summed E-state index contributed by atoms with van der Waals surface area (Å²) in [5.74, 6) is 1.29. The smallest absolute Gasteiger partial charge is 0.264 e. The highest BCUT2D eigenvalue weighted by molar-refractivity contribution is 7.13. The van der Waals surface area contributed by atoms with E-state index in [2.05, 4.69) is 15.3 Å². The first-order chi connectivity index (χ1) is 15.4. The van der Waals surface area contributed by atoms with Gasteiger partial charge in [0.1, 0.15) is 34.1 Å². The van der Waals surface area contributed by atoms with E-state index in [1.165, 1.54) is 16.9 Å².